The maximum absolute atomic E-state index is 13.1. The van der Waals surface area contributed by atoms with Crippen molar-refractivity contribution in [2.75, 3.05) is 57.2 Å². The molecule has 0 unspecified atom stereocenters. The van der Waals surface area contributed by atoms with Gasteiger partial charge in [0, 0.05) is 24.5 Å². The molecule has 0 aromatic heterocycles. The SMILES string of the molecule is CCCOC(=O)c1ccc(NCC(=O)Nc2ccc(OC)c(S(=O)(=O)N3CCOCC3)c2)cc1. The summed E-state index contributed by atoms with van der Waals surface area (Å²) in [6.45, 7) is 3.37. The molecule has 0 radical (unpaired) electrons. The van der Waals surface area contributed by atoms with Crippen molar-refractivity contribution >= 4 is 33.3 Å². The molecule has 184 valence electrons. The molecule has 1 fully saturated rings. The van der Waals surface area contributed by atoms with Crippen molar-refractivity contribution in [2.24, 2.45) is 0 Å². The van der Waals surface area contributed by atoms with Crippen molar-refractivity contribution in [3.63, 3.8) is 0 Å². The standard InChI is InChI=1S/C23H29N3O7S/c1-3-12-33-23(28)17-4-6-18(7-5-17)24-16-22(27)25-19-8-9-20(31-2)21(15-19)34(29,30)26-10-13-32-14-11-26/h4-9,15,24H,3,10-14,16H2,1-2H3,(H,25,27). The van der Waals surface area contributed by atoms with Crippen molar-refractivity contribution in [1.29, 1.82) is 0 Å². The highest BCUT2D eigenvalue weighted by Gasteiger charge is 2.29. The molecule has 34 heavy (non-hydrogen) atoms. The van der Waals surface area contributed by atoms with E-state index in [0.29, 0.717) is 36.8 Å². The molecule has 1 heterocycles. The third kappa shape index (κ3) is 6.46. The van der Waals surface area contributed by atoms with Gasteiger partial charge in [0.25, 0.3) is 0 Å². The second kappa shape index (κ2) is 11.8. The van der Waals surface area contributed by atoms with Crippen molar-refractivity contribution in [3.8, 4) is 5.75 Å². The molecule has 1 amide bonds. The van der Waals surface area contributed by atoms with E-state index in [9.17, 15) is 18.0 Å². The number of nitrogens with zero attached hydrogens (tertiary/aromatic N) is 1. The van der Waals surface area contributed by atoms with Crippen LogP contribution in [-0.4, -0.2) is 71.2 Å². The third-order valence-corrected chi connectivity index (χ3v) is 6.97. The molecule has 2 N–H and O–H groups in total. The summed E-state index contributed by atoms with van der Waals surface area (Å²) >= 11 is 0. The Balaban J connectivity index is 1.62. The Morgan fingerprint density at radius 2 is 1.74 bits per heavy atom. The molecule has 1 aliphatic rings. The van der Waals surface area contributed by atoms with Crippen molar-refractivity contribution in [3.05, 3.63) is 48.0 Å². The van der Waals surface area contributed by atoms with Gasteiger partial charge < -0.3 is 24.8 Å². The Kier molecular flexibility index (Phi) is 8.85. The fraction of sp³-hybridized carbons (Fsp3) is 0.391. The van der Waals surface area contributed by atoms with Gasteiger partial charge in [-0.1, -0.05) is 6.92 Å². The van der Waals surface area contributed by atoms with E-state index in [4.69, 9.17) is 14.2 Å². The van der Waals surface area contributed by atoms with Crippen LogP contribution >= 0.6 is 0 Å². The number of morpholine rings is 1. The first-order valence-electron chi connectivity index (χ1n) is 10.9. The number of amides is 1. The minimum Gasteiger partial charge on any atom is -0.495 e. The minimum atomic E-state index is -3.81. The first-order chi connectivity index (χ1) is 16.3. The lowest BCUT2D eigenvalue weighted by molar-refractivity contribution is -0.114. The van der Waals surface area contributed by atoms with Gasteiger partial charge in [0.15, 0.2) is 0 Å². The number of methoxy groups -OCH3 is 1. The Labute approximate surface area is 199 Å². The van der Waals surface area contributed by atoms with Crippen molar-refractivity contribution in [1.82, 2.24) is 4.31 Å². The summed E-state index contributed by atoms with van der Waals surface area (Å²) < 4.78 is 43.1. The number of hydrogen-bond donors (Lipinski definition) is 2. The number of rotatable bonds is 10. The number of anilines is 2. The molecule has 0 saturated carbocycles. The van der Waals surface area contributed by atoms with Gasteiger partial charge in [-0.15, -0.1) is 0 Å². The summed E-state index contributed by atoms with van der Waals surface area (Å²) in [5, 5.41) is 5.66. The first-order valence-corrected chi connectivity index (χ1v) is 12.4. The Bertz CT molecular complexity index is 1100. The van der Waals surface area contributed by atoms with Crippen LogP contribution in [0.2, 0.25) is 0 Å². The monoisotopic (exact) mass is 491 g/mol. The number of carbonyl (C=O) groups is 2. The third-order valence-electron chi connectivity index (χ3n) is 5.05. The number of hydrogen-bond acceptors (Lipinski definition) is 8. The average Bonchev–Trinajstić information content (AvgIpc) is 2.86. The lowest BCUT2D eigenvalue weighted by Gasteiger charge is -2.26. The lowest BCUT2D eigenvalue weighted by Crippen LogP contribution is -2.40. The number of ether oxygens (including phenoxy) is 3. The van der Waals surface area contributed by atoms with Crippen LogP contribution in [0.3, 0.4) is 0 Å². The molecule has 0 atom stereocenters. The van der Waals surface area contributed by atoms with E-state index in [0.717, 1.165) is 6.42 Å². The van der Waals surface area contributed by atoms with Gasteiger partial charge in [-0.25, -0.2) is 13.2 Å². The highest BCUT2D eigenvalue weighted by atomic mass is 32.2. The molecule has 0 bridgehead atoms. The van der Waals surface area contributed by atoms with E-state index < -0.39 is 16.0 Å². The Morgan fingerprint density at radius 1 is 1.06 bits per heavy atom. The molecule has 1 saturated heterocycles. The number of esters is 1. The summed E-state index contributed by atoms with van der Waals surface area (Å²) in [5.41, 5.74) is 1.40. The van der Waals surface area contributed by atoms with E-state index >= 15 is 0 Å². The largest absolute Gasteiger partial charge is 0.495 e. The maximum Gasteiger partial charge on any atom is 0.338 e. The van der Waals surface area contributed by atoms with Crippen LogP contribution < -0.4 is 15.4 Å². The van der Waals surface area contributed by atoms with E-state index in [2.05, 4.69) is 10.6 Å². The van der Waals surface area contributed by atoms with Gasteiger partial charge in [-0.3, -0.25) is 4.79 Å². The average molecular weight is 492 g/mol. The van der Waals surface area contributed by atoms with Gasteiger partial charge in [-0.05, 0) is 48.9 Å². The summed E-state index contributed by atoms with van der Waals surface area (Å²) in [7, 11) is -2.42. The minimum absolute atomic E-state index is 0.0202. The molecule has 3 rings (SSSR count). The molecule has 2 aromatic carbocycles. The zero-order chi connectivity index (χ0) is 24.6. The first kappa shape index (κ1) is 25.5. The van der Waals surface area contributed by atoms with Gasteiger partial charge >= 0.3 is 5.97 Å². The molecule has 11 heteroatoms. The maximum atomic E-state index is 13.1. The predicted octanol–water partition coefficient (Wildman–Crippen LogP) is 2.33. The van der Waals surface area contributed by atoms with Gasteiger partial charge in [0.05, 0.1) is 39.0 Å². The van der Waals surface area contributed by atoms with Crippen LogP contribution in [0, 0.1) is 0 Å². The zero-order valence-corrected chi connectivity index (χ0v) is 20.0. The van der Waals surface area contributed by atoms with E-state index in [1.807, 2.05) is 6.92 Å². The summed E-state index contributed by atoms with van der Waals surface area (Å²) in [4.78, 5) is 24.3. The van der Waals surface area contributed by atoms with Gasteiger partial charge in [0.1, 0.15) is 10.6 Å². The number of carbonyl (C=O) groups excluding carboxylic acids is 2. The van der Waals surface area contributed by atoms with E-state index in [-0.39, 0.29) is 36.2 Å². The van der Waals surface area contributed by atoms with Crippen LogP contribution in [0.5, 0.6) is 5.75 Å². The molecule has 1 aliphatic heterocycles. The van der Waals surface area contributed by atoms with Crippen LogP contribution in [0.1, 0.15) is 23.7 Å². The Morgan fingerprint density at radius 3 is 2.38 bits per heavy atom. The zero-order valence-electron chi connectivity index (χ0n) is 19.2. The van der Waals surface area contributed by atoms with Crippen molar-refractivity contribution < 1.29 is 32.2 Å². The smallest absolute Gasteiger partial charge is 0.338 e. The predicted molar refractivity (Wildman–Crippen MR) is 127 cm³/mol. The van der Waals surface area contributed by atoms with Gasteiger partial charge in [0.2, 0.25) is 15.9 Å². The Hall–Kier alpha value is -3.15. The van der Waals surface area contributed by atoms with Crippen LogP contribution in [0.15, 0.2) is 47.4 Å². The summed E-state index contributed by atoms with van der Waals surface area (Å²) in [6, 6.07) is 11.1. The van der Waals surface area contributed by atoms with Gasteiger partial charge in [-0.2, -0.15) is 4.31 Å². The second-order valence-corrected chi connectivity index (χ2v) is 9.40. The molecular formula is C23H29N3O7S. The second-order valence-electron chi connectivity index (χ2n) is 7.50. The number of benzene rings is 2. The molecule has 10 nitrogen and oxygen atoms in total. The fourth-order valence-electron chi connectivity index (χ4n) is 3.27. The summed E-state index contributed by atoms with van der Waals surface area (Å²) in [6.07, 6.45) is 0.745. The van der Waals surface area contributed by atoms with E-state index in [1.165, 1.54) is 23.5 Å². The number of nitrogens with one attached hydrogen (secondary N) is 2. The molecule has 2 aromatic rings. The van der Waals surface area contributed by atoms with E-state index in [1.54, 1.807) is 30.3 Å². The lowest BCUT2D eigenvalue weighted by atomic mass is 10.2. The molecule has 0 aliphatic carbocycles. The van der Waals surface area contributed by atoms with Crippen LogP contribution in [0.4, 0.5) is 11.4 Å². The highest BCUT2D eigenvalue weighted by Crippen LogP contribution is 2.30. The quantitative estimate of drug-likeness (QED) is 0.486. The van der Waals surface area contributed by atoms with Crippen LogP contribution in [0.25, 0.3) is 0 Å². The van der Waals surface area contributed by atoms with Crippen molar-refractivity contribution in [2.45, 2.75) is 18.2 Å². The topological polar surface area (TPSA) is 123 Å². The molecular weight excluding hydrogens is 462 g/mol. The fourth-order valence-corrected chi connectivity index (χ4v) is 4.86. The molecule has 0 spiro atoms. The summed E-state index contributed by atoms with van der Waals surface area (Å²) in [5.74, 6) is -0.569. The normalized spacial score (nSPS) is 14.3. The van der Waals surface area contributed by atoms with Crippen LogP contribution in [-0.2, 0) is 24.3 Å². The number of sulfonamides is 1. The highest BCUT2D eigenvalue weighted by molar-refractivity contribution is 7.89.